The molecule has 0 radical (unpaired) electrons. The van der Waals surface area contributed by atoms with Crippen LogP contribution in [0.1, 0.15) is 24.0 Å². The molecule has 11 nitrogen and oxygen atoms in total. The third-order valence-corrected chi connectivity index (χ3v) is 5.93. The normalized spacial score (nSPS) is 16.1. The zero-order valence-corrected chi connectivity index (χ0v) is 18.5. The lowest BCUT2D eigenvalue weighted by molar-refractivity contribution is -0.141. The number of methoxy groups -OCH3 is 1. The molecule has 172 valence electrons. The van der Waals surface area contributed by atoms with Gasteiger partial charge in [-0.15, -0.1) is 0 Å². The van der Waals surface area contributed by atoms with Crippen molar-refractivity contribution in [2.75, 3.05) is 25.1 Å². The number of nitrogens with two attached hydrogens (primary N) is 1. The van der Waals surface area contributed by atoms with Crippen LogP contribution in [-0.2, 0) is 29.7 Å². The summed E-state index contributed by atoms with van der Waals surface area (Å²) in [5.74, 6) is -0.169. The zero-order chi connectivity index (χ0) is 23.7. The van der Waals surface area contributed by atoms with Gasteiger partial charge in [0.25, 0.3) is 5.56 Å². The predicted molar refractivity (Wildman–Crippen MR) is 121 cm³/mol. The highest BCUT2D eigenvalue weighted by molar-refractivity contribution is 5.77. The minimum atomic E-state index is -0.665. The average Bonchev–Trinajstić information content (AvgIpc) is 3.19. The van der Waals surface area contributed by atoms with Crippen molar-refractivity contribution in [1.29, 1.82) is 5.26 Å². The summed E-state index contributed by atoms with van der Waals surface area (Å²) < 4.78 is 8.54. The Morgan fingerprint density at radius 1 is 1.30 bits per heavy atom. The Morgan fingerprint density at radius 3 is 2.76 bits per heavy atom. The molecule has 1 saturated heterocycles. The highest BCUT2D eigenvalue weighted by Crippen LogP contribution is 2.25. The van der Waals surface area contributed by atoms with Crippen LogP contribution in [0.4, 0.5) is 5.95 Å². The first-order valence-electron chi connectivity index (χ1n) is 10.6. The van der Waals surface area contributed by atoms with Crippen molar-refractivity contribution < 1.29 is 9.53 Å². The van der Waals surface area contributed by atoms with E-state index < -0.39 is 17.2 Å². The number of carbonyl (C=O) groups excluding carboxylic acids is 1. The van der Waals surface area contributed by atoms with Gasteiger partial charge in [-0.05, 0) is 24.5 Å². The number of piperidine rings is 1. The van der Waals surface area contributed by atoms with E-state index in [1.165, 1.54) is 14.2 Å². The Kier molecular flexibility index (Phi) is 6.02. The van der Waals surface area contributed by atoms with Crippen LogP contribution >= 0.6 is 0 Å². The quantitative estimate of drug-likeness (QED) is 0.531. The number of rotatable bonds is 5. The largest absolute Gasteiger partial charge is 0.468 e. The van der Waals surface area contributed by atoms with E-state index >= 15 is 0 Å². The minimum Gasteiger partial charge on any atom is -0.468 e. The van der Waals surface area contributed by atoms with E-state index in [0.717, 1.165) is 22.0 Å². The van der Waals surface area contributed by atoms with E-state index in [9.17, 15) is 19.6 Å². The predicted octanol–water partition coefficient (Wildman–Crippen LogP) is -0.0828. The number of esters is 1. The van der Waals surface area contributed by atoms with Crippen molar-refractivity contribution >= 4 is 23.1 Å². The van der Waals surface area contributed by atoms with Gasteiger partial charge in [-0.3, -0.25) is 23.3 Å². The molecule has 1 aromatic carbocycles. The maximum Gasteiger partial charge on any atom is 0.333 e. The van der Waals surface area contributed by atoms with Gasteiger partial charge in [-0.2, -0.15) is 10.2 Å². The molecule has 33 heavy (non-hydrogen) atoms. The molecule has 11 heteroatoms. The summed E-state index contributed by atoms with van der Waals surface area (Å²) in [7, 11) is 2.58. The Bertz CT molecular complexity index is 1380. The van der Waals surface area contributed by atoms with Crippen molar-refractivity contribution in [2.24, 2.45) is 12.8 Å². The second kappa shape index (κ2) is 8.91. The summed E-state index contributed by atoms with van der Waals surface area (Å²) in [5.41, 5.74) is 6.43. The highest BCUT2D eigenvalue weighted by Gasteiger charge is 2.27. The Labute approximate surface area is 189 Å². The fourth-order valence-electron chi connectivity index (χ4n) is 4.20. The summed E-state index contributed by atoms with van der Waals surface area (Å²) in [6.45, 7) is 1.01. The van der Waals surface area contributed by atoms with Crippen LogP contribution in [-0.4, -0.2) is 50.9 Å². The van der Waals surface area contributed by atoms with Crippen LogP contribution in [0.15, 0.2) is 33.9 Å². The van der Waals surface area contributed by atoms with Gasteiger partial charge in [0, 0.05) is 26.2 Å². The summed E-state index contributed by atoms with van der Waals surface area (Å²) >= 11 is 0. The standard InChI is InChI=1S/C22H25N7O4/c1-26-20(31)18-19(29(22(26)32)13-17(30)33-2)25-21(27-9-5-8-16(24)12-27)28(18)11-15-7-4-3-6-14(15)10-23/h3-4,6-7,16H,5,8-9,11-13,24H2,1-2H3. The van der Waals surface area contributed by atoms with Crippen LogP contribution in [0.2, 0.25) is 0 Å². The van der Waals surface area contributed by atoms with Crippen molar-refractivity contribution in [2.45, 2.75) is 32.0 Å². The van der Waals surface area contributed by atoms with Gasteiger partial charge in [0.15, 0.2) is 11.2 Å². The molecule has 2 aromatic heterocycles. The van der Waals surface area contributed by atoms with E-state index in [0.29, 0.717) is 30.2 Å². The third kappa shape index (κ3) is 4.01. The van der Waals surface area contributed by atoms with Gasteiger partial charge in [0.2, 0.25) is 5.95 Å². The molecule has 0 aliphatic carbocycles. The molecule has 0 amide bonds. The number of carbonyl (C=O) groups is 1. The summed E-state index contributed by atoms with van der Waals surface area (Å²) in [6.07, 6.45) is 1.73. The van der Waals surface area contributed by atoms with Crippen LogP contribution in [0, 0.1) is 11.3 Å². The number of aromatic nitrogens is 4. The molecular formula is C22H25N7O4. The zero-order valence-electron chi connectivity index (χ0n) is 18.5. The second-order valence-corrected chi connectivity index (χ2v) is 8.10. The lowest BCUT2D eigenvalue weighted by Crippen LogP contribution is -2.44. The molecule has 1 unspecified atom stereocenters. The van der Waals surface area contributed by atoms with Crippen molar-refractivity contribution in [3.8, 4) is 6.07 Å². The molecular weight excluding hydrogens is 426 g/mol. The van der Waals surface area contributed by atoms with E-state index in [2.05, 4.69) is 11.1 Å². The number of hydrogen-bond acceptors (Lipinski definition) is 8. The maximum atomic E-state index is 13.2. The van der Waals surface area contributed by atoms with E-state index in [-0.39, 0.29) is 30.3 Å². The van der Waals surface area contributed by atoms with Crippen LogP contribution < -0.4 is 21.9 Å². The topological polar surface area (TPSA) is 141 Å². The number of benzene rings is 1. The summed E-state index contributed by atoms with van der Waals surface area (Å²) in [5, 5.41) is 9.55. The lowest BCUT2D eigenvalue weighted by Gasteiger charge is -2.32. The maximum absolute atomic E-state index is 13.2. The monoisotopic (exact) mass is 451 g/mol. The summed E-state index contributed by atoms with van der Waals surface area (Å²) in [4.78, 5) is 44.8. The van der Waals surface area contributed by atoms with Gasteiger partial charge in [0.05, 0.1) is 25.3 Å². The van der Waals surface area contributed by atoms with E-state index in [1.807, 2.05) is 17.0 Å². The number of imidazole rings is 1. The number of ether oxygens (including phenoxy) is 1. The first kappa shape index (κ1) is 22.3. The van der Waals surface area contributed by atoms with Crippen LogP contribution in [0.25, 0.3) is 11.2 Å². The summed E-state index contributed by atoms with van der Waals surface area (Å²) in [6, 6.07) is 9.22. The number of hydrogen-bond donors (Lipinski definition) is 1. The number of nitriles is 1. The van der Waals surface area contributed by atoms with Crippen molar-refractivity contribution in [3.63, 3.8) is 0 Å². The Balaban J connectivity index is 2.01. The highest BCUT2D eigenvalue weighted by atomic mass is 16.5. The fourth-order valence-corrected chi connectivity index (χ4v) is 4.20. The molecule has 3 heterocycles. The molecule has 1 aliphatic rings. The molecule has 2 N–H and O–H groups in total. The van der Waals surface area contributed by atoms with Crippen molar-refractivity contribution in [3.05, 3.63) is 56.2 Å². The third-order valence-electron chi connectivity index (χ3n) is 5.93. The molecule has 4 rings (SSSR count). The smallest absolute Gasteiger partial charge is 0.333 e. The Hall–Kier alpha value is -3.91. The molecule has 1 atom stereocenters. The van der Waals surface area contributed by atoms with Gasteiger partial charge < -0.3 is 15.4 Å². The molecule has 0 bridgehead atoms. The van der Waals surface area contributed by atoms with Gasteiger partial charge >= 0.3 is 11.7 Å². The Morgan fingerprint density at radius 2 is 2.06 bits per heavy atom. The van der Waals surface area contributed by atoms with Crippen LogP contribution in [0.5, 0.6) is 0 Å². The van der Waals surface area contributed by atoms with E-state index in [1.54, 1.807) is 16.7 Å². The molecule has 0 saturated carbocycles. The fraction of sp³-hybridized carbons (Fsp3) is 0.409. The van der Waals surface area contributed by atoms with Gasteiger partial charge in [0.1, 0.15) is 6.54 Å². The van der Waals surface area contributed by atoms with Gasteiger partial charge in [-0.25, -0.2) is 4.79 Å². The molecule has 1 aliphatic heterocycles. The number of nitrogens with zero attached hydrogens (tertiary/aromatic N) is 6. The van der Waals surface area contributed by atoms with E-state index in [4.69, 9.17) is 10.5 Å². The van der Waals surface area contributed by atoms with Crippen molar-refractivity contribution in [1.82, 2.24) is 18.7 Å². The molecule has 1 fully saturated rings. The average molecular weight is 451 g/mol. The van der Waals surface area contributed by atoms with Gasteiger partial charge in [-0.1, -0.05) is 18.2 Å². The minimum absolute atomic E-state index is 0.0569. The molecule has 3 aromatic rings. The lowest BCUT2D eigenvalue weighted by atomic mass is 10.1. The molecule has 0 spiro atoms. The number of fused-ring (bicyclic) bond motifs is 1. The first-order chi connectivity index (χ1) is 15.8. The first-order valence-corrected chi connectivity index (χ1v) is 10.6. The van der Waals surface area contributed by atoms with Crippen LogP contribution in [0.3, 0.4) is 0 Å². The SMILES string of the molecule is COC(=O)Cn1c(=O)n(C)c(=O)c2c1nc(N1CCCC(N)C1)n2Cc1ccccc1C#N. The number of anilines is 1. The second-order valence-electron chi connectivity index (χ2n) is 8.10.